The molecule has 9 heteroatoms. The maximum absolute atomic E-state index is 13.0. The second kappa shape index (κ2) is 7.51. The summed E-state index contributed by atoms with van der Waals surface area (Å²) in [5.74, 6) is 0.453. The van der Waals surface area contributed by atoms with Gasteiger partial charge < -0.3 is 14.3 Å². The molecule has 0 aliphatic rings. The number of thioether (sulfide) groups is 1. The SMILES string of the molecule is Cc1ccc(NC(=O)c2ccc(CSc3nccn3C)o2)cc1C(F)(F)F. The molecule has 0 bridgehead atoms. The Morgan fingerprint density at radius 2 is 2.07 bits per heavy atom. The van der Waals surface area contributed by atoms with Gasteiger partial charge in [0.2, 0.25) is 0 Å². The molecule has 0 aliphatic carbocycles. The average Bonchev–Trinajstić information content (AvgIpc) is 3.22. The third kappa shape index (κ3) is 4.54. The fourth-order valence-corrected chi connectivity index (χ4v) is 3.23. The van der Waals surface area contributed by atoms with Crippen molar-refractivity contribution in [2.45, 2.75) is 24.0 Å². The minimum absolute atomic E-state index is 0.0274. The molecule has 2 aromatic heterocycles. The van der Waals surface area contributed by atoms with Crippen LogP contribution in [0.5, 0.6) is 0 Å². The highest BCUT2D eigenvalue weighted by Crippen LogP contribution is 2.33. The van der Waals surface area contributed by atoms with E-state index in [4.69, 9.17) is 4.42 Å². The Hall–Kier alpha value is -2.68. The van der Waals surface area contributed by atoms with Crippen LogP contribution in [0.2, 0.25) is 0 Å². The summed E-state index contributed by atoms with van der Waals surface area (Å²) in [5, 5.41) is 3.24. The van der Waals surface area contributed by atoms with Gasteiger partial charge in [0.25, 0.3) is 5.91 Å². The van der Waals surface area contributed by atoms with E-state index >= 15 is 0 Å². The number of anilines is 1. The number of imidazole rings is 1. The number of nitrogens with zero attached hydrogens (tertiary/aromatic N) is 2. The fraction of sp³-hybridized carbons (Fsp3) is 0.222. The van der Waals surface area contributed by atoms with Gasteiger partial charge in [-0.1, -0.05) is 17.8 Å². The summed E-state index contributed by atoms with van der Waals surface area (Å²) in [7, 11) is 1.87. The summed E-state index contributed by atoms with van der Waals surface area (Å²) in [4.78, 5) is 16.4. The zero-order chi connectivity index (χ0) is 19.6. The molecule has 3 rings (SSSR count). The highest BCUT2D eigenvalue weighted by Gasteiger charge is 2.32. The molecule has 27 heavy (non-hydrogen) atoms. The minimum Gasteiger partial charge on any atom is -0.455 e. The van der Waals surface area contributed by atoms with E-state index in [1.54, 1.807) is 12.3 Å². The van der Waals surface area contributed by atoms with Gasteiger partial charge in [0.05, 0.1) is 11.3 Å². The molecule has 1 aromatic carbocycles. The zero-order valence-electron chi connectivity index (χ0n) is 14.5. The van der Waals surface area contributed by atoms with Gasteiger partial charge in [-0.25, -0.2) is 4.98 Å². The molecule has 0 saturated heterocycles. The smallest absolute Gasteiger partial charge is 0.416 e. The zero-order valence-corrected chi connectivity index (χ0v) is 15.3. The predicted octanol–water partition coefficient (Wildman–Crippen LogP) is 4.88. The summed E-state index contributed by atoms with van der Waals surface area (Å²) in [6, 6.07) is 6.79. The van der Waals surface area contributed by atoms with Crippen LogP contribution < -0.4 is 5.32 Å². The van der Waals surface area contributed by atoms with Gasteiger partial charge in [0.15, 0.2) is 10.9 Å². The molecule has 142 valence electrons. The van der Waals surface area contributed by atoms with E-state index in [-0.39, 0.29) is 17.0 Å². The molecule has 3 aromatic rings. The Labute approximate surface area is 157 Å². The van der Waals surface area contributed by atoms with Crippen LogP contribution in [-0.2, 0) is 19.0 Å². The molecule has 0 atom stereocenters. The number of rotatable bonds is 5. The molecule has 0 radical (unpaired) electrons. The number of carbonyl (C=O) groups excluding carboxylic acids is 1. The maximum Gasteiger partial charge on any atom is 0.416 e. The number of hydrogen-bond acceptors (Lipinski definition) is 4. The Bertz CT molecular complexity index is 963. The molecular weight excluding hydrogens is 379 g/mol. The third-order valence-electron chi connectivity index (χ3n) is 3.81. The van der Waals surface area contributed by atoms with Crippen molar-refractivity contribution in [3.8, 4) is 0 Å². The van der Waals surface area contributed by atoms with E-state index < -0.39 is 17.6 Å². The van der Waals surface area contributed by atoms with E-state index in [1.165, 1.54) is 36.9 Å². The van der Waals surface area contributed by atoms with Crippen molar-refractivity contribution in [3.63, 3.8) is 0 Å². The van der Waals surface area contributed by atoms with E-state index in [0.29, 0.717) is 11.5 Å². The number of aryl methyl sites for hydroxylation is 2. The first kappa shape index (κ1) is 19.1. The van der Waals surface area contributed by atoms with Crippen LogP contribution in [0.15, 0.2) is 52.3 Å². The number of furan rings is 1. The molecule has 0 saturated carbocycles. The van der Waals surface area contributed by atoms with Gasteiger partial charge in [0, 0.05) is 25.1 Å². The van der Waals surface area contributed by atoms with Gasteiger partial charge in [-0.15, -0.1) is 0 Å². The normalized spacial score (nSPS) is 11.6. The molecule has 1 amide bonds. The van der Waals surface area contributed by atoms with Gasteiger partial charge in [0.1, 0.15) is 5.76 Å². The maximum atomic E-state index is 13.0. The number of amides is 1. The third-order valence-corrected chi connectivity index (χ3v) is 4.89. The van der Waals surface area contributed by atoms with Crippen LogP contribution in [0.25, 0.3) is 0 Å². The Balaban J connectivity index is 1.67. The van der Waals surface area contributed by atoms with Crippen LogP contribution in [0.1, 0.15) is 27.4 Å². The first-order chi connectivity index (χ1) is 12.7. The van der Waals surface area contributed by atoms with Crippen LogP contribution in [0, 0.1) is 6.92 Å². The monoisotopic (exact) mass is 395 g/mol. The highest BCUT2D eigenvalue weighted by atomic mass is 32.2. The number of alkyl halides is 3. The lowest BCUT2D eigenvalue weighted by molar-refractivity contribution is -0.138. The molecular formula is C18H16F3N3O2S. The fourth-order valence-electron chi connectivity index (χ4n) is 2.40. The Morgan fingerprint density at radius 1 is 1.30 bits per heavy atom. The van der Waals surface area contributed by atoms with E-state index in [0.717, 1.165) is 11.2 Å². The van der Waals surface area contributed by atoms with Crippen LogP contribution in [0.3, 0.4) is 0 Å². The summed E-state index contributed by atoms with van der Waals surface area (Å²) >= 11 is 1.44. The van der Waals surface area contributed by atoms with Crippen molar-refractivity contribution in [1.29, 1.82) is 0 Å². The largest absolute Gasteiger partial charge is 0.455 e. The second-order valence-electron chi connectivity index (χ2n) is 5.86. The van der Waals surface area contributed by atoms with E-state index in [2.05, 4.69) is 10.3 Å². The topological polar surface area (TPSA) is 60.1 Å². The van der Waals surface area contributed by atoms with Crippen LogP contribution in [0.4, 0.5) is 18.9 Å². The second-order valence-corrected chi connectivity index (χ2v) is 6.80. The number of nitrogens with one attached hydrogen (secondary N) is 1. The van der Waals surface area contributed by atoms with Crippen LogP contribution >= 0.6 is 11.8 Å². The quantitative estimate of drug-likeness (QED) is 0.625. The highest BCUT2D eigenvalue weighted by molar-refractivity contribution is 7.98. The lowest BCUT2D eigenvalue weighted by Crippen LogP contribution is -2.13. The van der Waals surface area contributed by atoms with Crippen molar-refractivity contribution in [1.82, 2.24) is 9.55 Å². The van der Waals surface area contributed by atoms with Crippen molar-refractivity contribution >= 4 is 23.4 Å². The number of hydrogen-bond donors (Lipinski definition) is 1. The van der Waals surface area contributed by atoms with Gasteiger partial charge in [-0.2, -0.15) is 13.2 Å². The number of halogens is 3. The van der Waals surface area contributed by atoms with Gasteiger partial charge >= 0.3 is 6.18 Å². The summed E-state index contributed by atoms with van der Waals surface area (Å²) in [6.07, 6.45) is -0.981. The Kier molecular flexibility index (Phi) is 5.31. The molecule has 0 fully saturated rings. The summed E-state index contributed by atoms with van der Waals surface area (Å²) < 4.78 is 46.3. The summed E-state index contributed by atoms with van der Waals surface area (Å²) in [6.45, 7) is 1.37. The molecule has 1 N–H and O–H groups in total. The van der Waals surface area contributed by atoms with Gasteiger partial charge in [-0.3, -0.25) is 4.79 Å². The molecule has 0 aliphatic heterocycles. The van der Waals surface area contributed by atoms with E-state index in [1.807, 2.05) is 17.8 Å². The molecule has 0 spiro atoms. The lowest BCUT2D eigenvalue weighted by Gasteiger charge is -2.12. The summed E-state index contributed by atoms with van der Waals surface area (Å²) in [5.41, 5.74) is -0.641. The number of benzene rings is 1. The first-order valence-corrected chi connectivity index (χ1v) is 8.90. The van der Waals surface area contributed by atoms with Crippen LogP contribution in [-0.4, -0.2) is 15.5 Å². The Morgan fingerprint density at radius 3 is 2.74 bits per heavy atom. The minimum atomic E-state index is -4.48. The van der Waals surface area contributed by atoms with Crippen molar-refractivity contribution in [3.05, 3.63) is 65.4 Å². The van der Waals surface area contributed by atoms with Crippen molar-refractivity contribution in [2.75, 3.05) is 5.32 Å². The average molecular weight is 395 g/mol. The van der Waals surface area contributed by atoms with Gasteiger partial charge in [-0.05, 0) is 36.8 Å². The standard InChI is InChI=1S/C18H16F3N3O2S/c1-11-3-4-12(9-14(11)18(19,20)21)23-16(25)15-6-5-13(26-15)10-27-17-22-7-8-24(17)2/h3-9H,10H2,1-2H3,(H,23,25). The lowest BCUT2D eigenvalue weighted by atomic mass is 10.1. The first-order valence-electron chi connectivity index (χ1n) is 7.92. The molecule has 5 nitrogen and oxygen atoms in total. The molecule has 0 unspecified atom stereocenters. The van der Waals surface area contributed by atoms with Crippen molar-refractivity contribution in [2.24, 2.45) is 7.05 Å². The van der Waals surface area contributed by atoms with E-state index in [9.17, 15) is 18.0 Å². The number of aromatic nitrogens is 2. The van der Waals surface area contributed by atoms with Crippen molar-refractivity contribution < 1.29 is 22.4 Å². The molecule has 2 heterocycles. The number of carbonyl (C=O) groups is 1. The predicted molar refractivity (Wildman–Crippen MR) is 95.6 cm³/mol.